The first-order valence-corrected chi connectivity index (χ1v) is 8.51. The number of carbonyl (C=O) groups is 1. The standard InChI is InChI=1S/C20H23N3O2/c1-14(24)12-17(16-8-4-3-5-9-16)13-21-20(25)19-18-10-6-7-11-23(18)15(2)22-19/h3-11,14,17,24H,12-13H2,1-2H3,(H,21,25). The Morgan fingerprint density at radius 2 is 1.92 bits per heavy atom. The summed E-state index contributed by atoms with van der Waals surface area (Å²) in [5, 5.41) is 12.8. The summed E-state index contributed by atoms with van der Waals surface area (Å²) in [5.74, 6) is 0.646. The molecule has 2 aromatic heterocycles. The molecule has 0 saturated carbocycles. The highest BCUT2D eigenvalue weighted by Crippen LogP contribution is 2.21. The van der Waals surface area contributed by atoms with Crippen molar-refractivity contribution in [2.75, 3.05) is 6.54 Å². The molecule has 0 saturated heterocycles. The second kappa shape index (κ2) is 7.49. The summed E-state index contributed by atoms with van der Waals surface area (Å²) in [6.45, 7) is 4.10. The maximum Gasteiger partial charge on any atom is 0.272 e. The van der Waals surface area contributed by atoms with Gasteiger partial charge in [0.15, 0.2) is 5.69 Å². The molecular weight excluding hydrogens is 314 g/mol. The summed E-state index contributed by atoms with van der Waals surface area (Å²) in [4.78, 5) is 17.0. The molecule has 5 heteroatoms. The van der Waals surface area contributed by atoms with Crippen LogP contribution in [0.4, 0.5) is 0 Å². The number of aryl methyl sites for hydroxylation is 1. The van der Waals surface area contributed by atoms with Crippen molar-refractivity contribution in [3.05, 3.63) is 71.8 Å². The number of nitrogens with zero attached hydrogens (tertiary/aromatic N) is 2. The minimum Gasteiger partial charge on any atom is -0.393 e. The number of carbonyl (C=O) groups excluding carboxylic acids is 1. The van der Waals surface area contributed by atoms with Gasteiger partial charge >= 0.3 is 0 Å². The van der Waals surface area contributed by atoms with Gasteiger partial charge in [0.2, 0.25) is 0 Å². The van der Waals surface area contributed by atoms with Crippen LogP contribution in [-0.2, 0) is 0 Å². The highest BCUT2D eigenvalue weighted by atomic mass is 16.3. The predicted octanol–water partition coefficient (Wildman–Crippen LogP) is 2.93. The maximum atomic E-state index is 12.6. The van der Waals surface area contributed by atoms with Crippen molar-refractivity contribution >= 4 is 11.4 Å². The lowest BCUT2D eigenvalue weighted by atomic mass is 9.93. The molecule has 0 spiro atoms. The molecule has 2 heterocycles. The number of benzene rings is 1. The number of rotatable bonds is 6. The van der Waals surface area contributed by atoms with Crippen LogP contribution in [0, 0.1) is 6.92 Å². The van der Waals surface area contributed by atoms with Crippen molar-refractivity contribution in [2.45, 2.75) is 32.3 Å². The molecule has 2 N–H and O–H groups in total. The smallest absolute Gasteiger partial charge is 0.272 e. The Morgan fingerprint density at radius 1 is 1.20 bits per heavy atom. The van der Waals surface area contributed by atoms with Gasteiger partial charge in [0, 0.05) is 18.7 Å². The number of hydrogen-bond donors (Lipinski definition) is 2. The number of hydrogen-bond acceptors (Lipinski definition) is 3. The van der Waals surface area contributed by atoms with Gasteiger partial charge in [-0.2, -0.15) is 0 Å². The van der Waals surface area contributed by atoms with Crippen LogP contribution in [-0.4, -0.2) is 33.0 Å². The van der Waals surface area contributed by atoms with E-state index in [-0.39, 0.29) is 11.8 Å². The number of pyridine rings is 1. The molecule has 0 aliphatic carbocycles. The third-order valence-corrected chi connectivity index (χ3v) is 4.35. The van der Waals surface area contributed by atoms with Crippen LogP contribution in [0.25, 0.3) is 5.52 Å². The molecule has 0 aliphatic rings. The fourth-order valence-corrected chi connectivity index (χ4v) is 3.13. The molecule has 0 radical (unpaired) electrons. The van der Waals surface area contributed by atoms with Crippen LogP contribution in [0.1, 0.15) is 41.1 Å². The van der Waals surface area contributed by atoms with Gasteiger partial charge in [-0.3, -0.25) is 4.79 Å². The average molecular weight is 337 g/mol. The van der Waals surface area contributed by atoms with E-state index in [1.54, 1.807) is 6.92 Å². The van der Waals surface area contributed by atoms with Crippen LogP contribution in [0.15, 0.2) is 54.7 Å². The average Bonchev–Trinajstić information content (AvgIpc) is 2.96. The molecule has 1 amide bonds. The Labute approximate surface area is 147 Å². The number of imidazole rings is 1. The van der Waals surface area contributed by atoms with E-state index in [1.165, 1.54) is 0 Å². The van der Waals surface area contributed by atoms with Gasteiger partial charge in [-0.25, -0.2) is 4.98 Å². The Kier molecular flexibility index (Phi) is 5.14. The Bertz CT molecular complexity index is 856. The summed E-state index contributed by atoms with van der Waals surface area (Å²) in [6, 6.07) is 15.6. The first kappa shape index (κ1) is 17.2. The summed E-state index contributed by atoms with van der Waals surface area (Å²) in [7, 11) is 0. The zero-order valence-corrected chi connectivity index (χ0v) is 14.5. The van der Waals surface area contributed by atoms with Gasteiger partial charge < -0.3 is 14.8 Å². The first-order chi connectivity index (χ1) is 12.1. The lowest BCUT2D eigenvalue weighted by molar-refractivity contribution is 0.0942. The maximum absolute atomic E-state index is 12.6. The lowest BCUT2D eigenvalue weighted by Crippen LogP contribution is -2.30. The third kappa shape index (κ3) is 3.88. The third-order valence-electron chi connectivity index (χ3n) is 4.35. The van der Waals surface area contributed by atoms with Crippen molar-refractivity contribution in [1.29, 1.82) is 0 Å². The highest BCUT2D eigenvalue weighted by molar-refractivity contribution is 5.99. The molecule has 2 atom stereocenters. The largest absolute Gasteiger partial charge is 0.393 e. The SMILES string of the molecule is Cc1nc(C(=O)NCC(CC(C)O)c2ccccc2)c2ccccn12. The minimum atomic E-state index is -0.433. The number of amides is 1. The van der Waals surface area contributed by atoms with Gasteiger partial charge in [-0.15, -0.1) is 0 Å². The van der Waals surface area contributed by atoms with Crippen LogP contribution >= 0.6 is 0 Å². The number of aliphatic hydroxyl groups excluding tert-OH is 1. The number of fused-ring (bicyclic) bond motifs is 1. The number of aliphatic hydroxyl groups is 1. The van der Waals surface area contributed by atoms with Crippen molar-refractivity contribution < 1.29 is 9.90 Å². The predicted molar refractivity (Wildman–Crippen MR) is 97.7 cm³/mol. The first-order valence-electron chi connectivity index (χ1n) is 8.51. The molecule has 0 fully saturated rings. The molecule has 2 unspecified atom stereocenters. The minimum absolute atomic E-state index is 0.0557. The fourth-order valence-electron chi connectivity index (χ4n) is 3.13. The van der Waals surface area contributed by atoms with Gasteiger partial charge in [-0.1, -0.05) is 36.4 Å². The summed E-state index contributed by atoms with van der Waals surface area (Å²) in [5.41, 5.74) is 2.33. The second-order valence-corrected chi connectivity index (χ2v) is 6.37. The molecule has 3 aromatic rings. The van der Waals surface area contributed by atoms with E-state index in [0.717, 1.165) is 16.9 Å². The van der Waals surface area contributed by atoms with Crippen molar-refractivity contribution in [1.82, 2.24) is 14.7 Å². The lowest BCUT2D eigenvalue weighted by Gasteiger charge is -2.19. The van der Waals surface area contributed by atoms with E-state index < -0.39 is 6.10 Å². The van der Waals surface area contributed by atoms with E-state index in [4.69, 9.17) is 0 Å². The van der Waals surface area contributed by atoms with Crippen LogP contribution < -0.4 is 5.32 Å². The molecule has 130 valence electrons. The second-order valence-electron chi connectivity index (χ2n) is 6.37. The van der Waals surface area contributed by atoms with E-state index in [1.807, 2.05) is 66.1 Å². The van der Waals surface area contributed by atoms with Gasteiger partial charge in [0.1, 0.15) is 5.82 Å². The highest BCUT2D eigenvalue weighted by Gasteiger charge is 2.19. The topological polar surface area (TPSA) is 66.6 Å². The van der Waals surface area contributed by atoms with Gasteiger partial charge in [0.25, 0.3) is 5.91 Å². The monoisotopic (exact) mass is 337 g/mol. The van der Waals surface area contributed by atoms with Gasteiger partial charge in [0.05, 0.1) is 11.6 Å². The number of aromatic nitrogens is 2. The van der Waals surface area contributed by atoms with Crippen molar-refractivity contribution in [2.24, 2.45) is 0 Å². The summed E-state index contributed by atoms with van der Waals surface area (Å²) < 4.78 is 1.90. The van der Waals surface area contributed by atoms with Crippen molar-refractivity contribution in [3.63, 3.8) is 0 Å². The molecule has 1 aromatic carbocycles. The molecule has 5 nitrogen and oxygen atoms in total. The molecule has 0 bridgehead atoms. The fraction of sp³-hybridized carbons (Fsp3) is 0.300. The van der Waals surface area contributed by atoms with E-state index >= 15 is 0 Å². The van der Waals surface area contributed by atoms with Crippen LogP contribution in [0.5, 0.6) is 0 Å². The Morgan fingerprint density at radius 3 is 2.64 bits per heavy atom. The summed E-state index contributed by atoms with van der Waals surface area (Å²) in [6.07, 6.45) is 2.06. The van der Waals surface area contributed by atoms with Crippen molar-refractivity contribution in [3.8, 4) is 0 Å². The van der Waals surface area contributed by atoms with E-state index in [2.05, 4.69) is 10.3 Å². The van der Waals surface area contributed by atoms with E-state index in [0.29, 0.717) is 18.7 Å². The zero-order valence-electron chi connectivity index (χ0n) is 14.5. The molecule has 0 aliphatic heterocycles. The van der Waals surface area contributed by atoms with Gasteiger partial charge in [-0.05, 0) is 38.0 Å². The Balaban J connectivity index is 1.77. The normalized spacial score (nSPS) is 13.6. The molecule has 3 rings (SSSR count). The zero-order chi connectivity index (χ0) is 17.8. The number of nitrogens with one attached hydrogen (secondary N) is 1. The molecular formula is C20H23N3O2. The quantitative estimate of drug-likeness (QED) is 0.727. The Hall–Kier alpha value is -2.66. The molecule has 25 heavy (non-hydrogen) atoms. The van der Waals surface area contributed by atoms with Crippen LogP contribution in [0.2, 0.25) is 0 Å². The van der Waals surface area contributed by atoms with Crippen LogP contribution in [0.3, 0.4) is 0 Å². The van der Waals surface area contributed by atoms with E-state index in [9.17, 15) is 9.90 Å². The summed E-state index contributed by atoms with van der Waals surface area (Å²) >= 11 is 0.